The number of hydrogen-bond acceptors (Lipinski definition) is 3. The zero-order valence-corrected chi connectivity index (χ0v) is 14.9. The molecule has 26 heavy (non-hydrogen) atoms. The van der Waals surface area contributed by atoms with Crippen molar-refractivity contribution < 1.29 is 9.59 Å². The van der Waals surface area contributed by atoms with Crippen molar-refractivity contribution in [2.24, 2.45) is 5.92 Å². The number of carbonyl (C=O) groups is 2. The van der Waals surface area contributed by atoms with Crippen LogP contribution in [0.1, 0.15) is 47.4 Å². The van der Waals surface area contributed by atoms with Gasteiger partial charge >= 0.3 is 0 Å². The first-order chi connectivity index (χ1) is 12.7. The first kappa shape index (κ1) is 16.8. The van der Waals surface area contributed by atoms with Gasteiger partial charge in [0.15, 0.2) is 5.69 Å². The Morgan fingerprint density at radius 1 is 1.12 bits per heavy atom. The summed E-state index contributed by atoms with van der Waals surface area (Å²) in [5.74, 6) is 0.285. The maximum absolute atomic E-state index is 12.6. The third kappa shape index (κ3) is 3.49. The highest BCUT2D eigenvalue weighted by molar-refractivity contribution is 5.92. The van der Waals surface area contributed by atoms with Gasteiger partial charge in [-0.25, -0.2) is 0 Å². The van der Waals surface area contributed by atoms with Crippen LogP contribution in [0.4, 0.5) is 0 Å². The third-order valence-corrected chi connectivity index (χ3v) is 5.34. The number of nitrogens with one attached hydrogen (secondary N) is 1. The van der Waals surface area contributed by atoms with Crippen LogP contribution in [0.15, 0.2) is 36.4 Å². The van der Waals surface area contributed by atoms with E-state index < -0.39 is 0 Å². The minimum absolute atomic E-state index is 0.176. The van der Waals surface area contributed by atoms with Crippen molar-refractivity contribution in [1.82, 2.24) is 20.0 Å². The average Bonchev–Trinajstić information content (AvgIpc) is 3.35. The molecule has 1 aromatic carbocycles. The van der Waals surface area contributed by atoms with Crippen LogP contribution in [0, 0.1) is 5.92 Å². The molecule has 1 aromatic heterocycles. The van der Waals surface area contributed by atoms with Crippen LogP contribution < -0.4 is 5.32 Å². The second-order valence-corrected chi connectivity index (χ2v) is 7.15. The molecule has 1 N–H and O–H groups in total. The number of hydrogen-bond donors (Lipinski definition) is 1. The summed E-state index contributed by atoms with van der Waals surface area (Å²) >= 11 is 0. The molecule has 1 aliphatic heterocycles. The SMILES string of the molecule is O=C(NCc1ccccc1)c1cc2n(n1)CCN(C(=O)C1CCCC1)C2. The van der Waals surface area contributed by atoms with Crippen LogP contribution in [0.25, 0.3) is 0 Å². The summed E-state index contributed by atoms with van der Waals surface area (Å²) in [6.45, 7) is 2.36. The molecule has 6 nitrogen and oxygen atoms in total. The fourth-order valence-corrected chi connectivity index (χ4v) is 3.87. The van der Waals surface area contributed by atoms with Crippen LogP contribution >= 0.6 is 0 Å². The minimum Gasteiger partial charge on any atom is -0.347 e. The fourth-order valence-electron chi connectivity index (χ4n) is 3.87. The highest BCUT2D eigenvalue weighted by atomic mass is 16.2. The molecule has 2 aromatic rings. The number of fused-ring (bicyclic) bond motifs is 1. The summed E-state index contributed by atoms with van der Waals surface area (Å²) < 4.78 is 1.86. The maximum atomic E-state index is 12.6. The summed E-state index contributed by atoms with van der Waals surface area (Å²) in [5.41, 5.74) is 2.41. The Bertz CT molecular complexity index is 793. The first-order valence-electron chi connectivity index (χ1n) is 9.38. The van der Waals surface area contributed by atoms with Crippen molar-refractivity contribution in [2.45, 2.75) is 45.3 Å². The van der Waals surface area contributed by atoms with Gasteiger partial charge in [-0.05, 0) is 24.5 Å². The third-order valence-electron chi connectivity index (χ3n) is 5.34. The Hall–Kier alpha value is -2.63. The predicted octanol–water partition coefficient (Wildman–Crippen LogP) is 2.35. The summed E-state index contributed by atoms with van der Waals surface area (Å²) in [6, 6.07) is 11.6. The molecule has 1 saturated carbocycles. The molecule has 1 fully saturated rings. The van der Waals surface area contributed by atoms with Crippen LogP contribution in [0.5, 0.6) is 0 Å². The molecule has 2 aliphatic rings. The summed E-state index contributed by atoms with van der Waals surface area (Å²) in [5, 5.41) is 7.33. The Balaban J connectivity index is 1.39. The van der Waals surface area contributed by atoms with Crippen molar-refractivity contribution >= 4 is 11.8 Å². The highest BCUT2D eigenvalue weighted by Gasteiger charge is 2.30. The van der Waals surface area contributed by atoms with E-state index in [1.165, 1.54) is 0 Å². The van der Waals surface area contributed by atoms with Crippen molar-refractivity contribution in [2.75, 3.05) is 6.54 Å². The predicted molar refractivity (Wildman–Crippen MR) is 97.2 cm³/mol. The monoisotopic (exact) mass is 352 g/mol. The molecule has 6 heteroatoms. The van der Waals surface area contributed by atoms with Crippen molar-refractivity contribution in [3.05, 3.63) is 53.3 Å². The van der Waals surface area contributed by atoms with Crippen molar-refractivity contribution in [3.8, 4) is 0 Å². The second kappa shape index (κ2) is 7.32. The molecule has 1 aliphatic carbocycles. The first-order valence-corrected chi connectivity index (χ1v) is 9.38. The number of amides is 2. The van der Waals surface area contributed by atoms with Gasteiger partial charge in [0.2, 0.25) is 5.91 Å². The van der Waals surface area contributed by atoms with Crippen molar-refractivity contribution in [3.63, 3.8) is 0 Å². The number of nitrogens with zero attached hydrogens (tertiary/aromatic N) is 3. The maximum Gasteiger partial charge on any atom is 0.272 e. The molecule has 0 radical (unpaired) electrons. The smallest absolute Gasteiger partial charge is 0.272 e. The molecule has 0 saturated heterocycles. The number of benzene rings is 1. The molecule has 0 bridgehead atoms. The molecule has 0 unspecified atom stereocenters. The quantitative estimate of drug-likeness (QED) is 0.918. The molecular formula is C20H24N4O2. The topological polar surface area (TPSA) is 67.2 Å². The molecular weight excluding hydrogens is 328 g/mol. The van der Waals surface area contributed by atoms with E-state index >= 15 is 0 Å². The van der Waals surface area contributed by atoms with E-state index in [9.17, 15) is 9.59 Å². The minimum atomic E-state index is -0.176. The average molecular weight is 352 g/mol. The lowest BCUT2D eigenvalue weighted by atomic mass is 10.1. The zero-order chi connectivity index (χ0) is 17.9. The number of aromatic nitrogens is 2. The standard InChI is InChI=1S/C20H24N4O2/c25-19(21-13-15-6-2-1-3-7-15)18-12-17-14-23(10-11-24(17)22-18)20(26)16-8-4-5-9-16/h1-3,6-7,12,16H,4-5,8-11,13-14H2,(H,21,25). The molecule has 0 atom stereocenters. The van der Waals surface area contributed by atoms with Gasteiger partial charge in [-0.3, -0.25) is 14.3 Å². The largest absolute Gasteiger partial charge is 0.347 e. The van der Waals surface area contributed by atoms with Gasteiger partial charge in [0, 0.05) is 19.0 Å². The van der Waals surface area contributed by atoms with Crippen LogP contribution in [-0.4, -0.2) is 33.0 Å². The van der Waals surface area contributed by atoms with E-state index in [4.69, 9.17) is 0 Å². The normalized spacial score (nSPS) is 17.2. The molecule has 2 amide bonds. The lowest BCUT2D eigenvalue weighted by molar-refractivity contribution is -0.136. The van der Waals surface area contributed by atoms with Gasteiger partial charge < -0.3 is 10.2 Å². The zero-order valence-electron chi connectivity index (χ0n) is 14.9. The lowest BCUT2D eigenvalue weighted by Gasteiger charge is -2.29. The van der Waals surface area contributed by atoms with E-state index in [1.807, 2.05) is 46.0 Å². The van der Waals surface area contributed by atoms with Gasteiger partial charge in [0.25, 0.3) is 5.91 Å². The molecule has 2 heterocycles. The van der Waals surface area contributed by atoms with E-state index in [-0.39, 0.29) is 17.7 Å². The van der Waals surface area contributed by atoms with E-state index in [0.29, 0.717) is 31.9 Å². The summed E-state index contributed by atoms with van der Waals surface area (Å²) in [6.07, 6.45) is 4.35. The van der Waals surface area contributed by atoms with Crippen LogP contribution in [-0.2, 0) is 24.4 Å². The van der Waals surface area contributed by atoms with Gasteiger partial charge in [0.05, 0.1) is 18.8 Å². The van der Waals surface area contributed by atoms with E-state index in [0.717, 1.165) is 36.9 Å². The Morgan fingerprint density at radius 3 is 2.65 bits per heavy atom. The van der Waals surface area contributed by atoms with E-state index in [2.05, 4.69) is 10.4 Å². The fraction of sp³-hybridized carbons (Fsp3) is 0.450. The van der Waals surface area contributed by atoms with E-state index in [1.54, 1.807) is 0 Å². The van der Waals surface area contributed by atoms with Crippen molar-refractivity contribution in [1.29, 1.82) is 0 Å². The highest BCUT2D eigenvalue weighted by Crippen LogP contribution is 2.28. The lowest BCUT2D eigenvalue weighted by Crippen LogP contribution is -2.41. The van der Waals surface area contributed by atoms with Crippen LogP contribution in [0.3, 0.4) is 0 Å². The summed E-state index contributed by atoms with van der Waals surface area (Å²) in [7, 11) is 0. The summed E-state index contributed by atoms with van der Waals surface area (Å²) in [4.78, 5) is 26.9. The number of rotatable bonds is 4. The second-order valence-electron chi connectivity index (χ2n) is 7.15. The van der Waals surface area contributed by atoms with Gasteiger partial charge in [-0.1, -0.05) is 43.2 Å². The molecule has 4 rings (SSSR count). The van der Waals surface area contributed by atoms with Crippen LogP contribution in [0.2, 0.25) is 0 Å². The molecule has 136 valence electrons. The van der Waals surface area contributed by atoms with Gasteiger partial charge in [-0.2, -0.15) is 5.10 Å². The van der Waals surface area contributed by atoms with Gasteiger partial charge in [-0.15, -0.1) is 0 Å². The Kier molecular flexibility index (Phi) is 4.73. The number of carbonyl (C=O) groups excluding carboxylic acids is 2. The molecule has 0 spiro atoms. The Labute approximate surface area is 153 Å². The Morgan fingerprint density at radius 2 is 1.88 bits per heavy atom. The van der Waals surface area contributed by atoms with Gasteiger partial charge in [0.1, 0.15) is 0 Å².